The summed E-state index contributed by atoms with van der Waals surface area (Å²) in [4.78, 5) is 36.2. The van der Waals surface area contributed by atoms with E-state index in [1.807, 2.05) is 11.0 Å². The molecule has 144 valence electrons. The number of piperidine rings is 1. The minimum absolute atomic E-state index is 0.00654. The first-order valence-electron chi connectivity index (χ1n) is 9.52. The van der Waals surface area contributed by atoms with Gasteiger partial charge in [0.25, 0.3) is 5.56 Å². The topological polar surface area (TPSA) is 69.3 Å². The highest BCUT2D eigenvalue weighted by molar-refractivity contribution is 5.79. The van der Waals surface area contributed by atoms with Gasteiger partial charge in [0.2, 0.25) is 5.91 Å². The van der Waals surface area contributed by atoms with Crippen LogP contribution in [0.4, 0.5) is 0 Å². The summed E-state index contributed by atoms with van der Waals surface area (Å²) in [6, 6.07) is 10.7. The van der Waals surface area contributed by atoms with Gasteiger partial charge >= 0.3 is 0 Å². The number of benzene rings is 1. The van der Waals surface area contributed by atoms with E-state index in [1.165, 1.54) is 5.56 Å². The molecule has 2 heterocycles. The number of carbonyl (C=O) groups is 1. The smallest absolute Gasteiger partial charge is 0.254 e. The van der Waals surface area contributed by atoms with E-state index in [1.54, 1.807) is 13.8 Å². The molecule has 0 unspecified atom stereocenters. The second-order valence-electron chi connectivity index (χ2n) is 7.43. The molecule has 1 fully saturated rings. The van der Waals surface area contributed by atoms with Crippen LogP contribution < -0.4 is 5.56 Å². The maximum Gasteiger partial charge on any atom is 0.254 e. The van der Waals surface area contributed by atoms with Crippen molar-refractivity contribution in [3.8, 4) is 0 Å². The lowest BCUT2D eigenvalue weighted by Crippen LogP contribution is -2.49. The van der Waals surface area contributed by atoms with Gasteiger partial charge in [-0.15, -0.1) is 0 Å². The van der Waals surface area contributed by atoms with Crippen LogP contribution in [0.3, 0.4) is 0 Å². The molecule has 0 radical (unpaired) electrons. The fraction of sp³-hybridized carbons (Fsp3) is 0.476. The van der Waals surface area contributed by atoms with E-state index in [4.69, 9.17) is 0 Å². The number of hydrogen-bond acceptors (Lipinski definition) is 4. The van der Waals surface area contributed by atoms with Gasteiger partial charge < -0.3 is 9.88 Å². The molecular weight excluding hydrogens is 340 g/mol. The van der Waals surface area contributed by atoms with Crippen molar-refractivity contribution in [2.75, 3.05) is 20.1 Å². The van der Waals surface area contributed by atoms with Crippen LogP contribution in [0.5, 0.6) is 0 Å². The minimum atomic E-state index is -0.205. The summed E-state index contributed by atoms with van der Waals surface area (Å²) in [5.74, 6) is 0.585. The molecule has 6 heteroatoms. The zero-order valence-electron chi connectivity index (χ0n) is 16.4. The van der Waals surface area contributed by atoms with Crippen molar-refractivity contribution in [3.63, 3.8) is 0 Å². The van der Waals surface area contributed by atoms with Gasteiger partial charge in [-0.3, -0.25) is 14.5 Å². The SMILES string of the molecule is Cc1nc(C)c(CC(=O)N2CCC[C@H](N(C)Cc3ccccc3)C2)c(=O)[nH]1. The van der Waals surface area contributed by atoms with Gasteiger partial charge in [0.1, 0.15) is 5.82 Å². The van der Waals surface area contributed by atoms with Crippen molar-refractivity contribution in [2.24, 2.45) is 0 Å². The predicted octanol–water partition coefficient (Wildman–Crippen LogP) is 2.05. The lowest BCUT2D eigenvalue weighted by atomic mass is 10.0. The molecule has 1 saturated heterocycles. The Morgan fingerprint density at radius 1 is 1.30 bits per heavy atom. The first kappa shape index (κ1) is 19.3. The van der Waals surface area contributed by atoms with Crippen LogP contribution in [0.1, 0.15) is 35.5 Å². The quantitative estimate of drug-likeness (QED) is 0.877. The molecule has 1 atom stereocenters. The average molecular weight is 368 g/mol. The Morgan fingerprint density at radius 3 is 2.74 bits per heavy atom. The number of aromatic amines is 1. The zero-order chi connectivity index (χ0) is 19.4. The number of nitrogens with one attached hydrogen (secondary N) is 1. The first-order valence-corrected chi connectivity index (χ1v) is 9.52. The molecule has 1 amide bonds. The summed E-state index contributed by atoms with van der Waals surface area (Å²) in [5, 5.41) is 0. The number of aromatic nitrogens is 2. The molecule has 1 aromatic carbocycles. The molecule has 2 aromatic rings. The number of likely N-dealkylation sites (tertiary alicyclic amines) is 1. The fourth-order valence-electron chi connectivity index (χ4n) is 3.76. The molecule has 1 aliphatic rings. The van der Waals surface area contributed by atoms with Crippen LogP contribution >= 0.6 is 0 Å². The molecule has 27 heavy (non-hydrogen) atoms. The Labute approximate surface area is 160 Å². The highest BCUT2D eigenvalue weighted by Gasteiger charge is 2.27. The maximum atomic E-state index is 12.8. The van der Waals surface area contributed by atoms with Crippen LogP contribution in [-0.4, -0.2) is 51.9 Å². The number of likely N-dealkylation sites (N-methyl/N-ethyl adjacent to an activating group) is 1. The maximum absolute atomic E-state index is 12.8. The summed E-state index contributed by atoms with van der Waals surface area (Å²) < 4.78 is 0. The van der Waals surface area contributed by atoms with Gasteiger partial charge in [-0.05, 0) is 39.3 Å². The van der Waals surface area contributed by atoms with Gasteiger partial charge in [0, 0.05) is 36.9 Å². The largest absolute Gasteiger partial charge is 0.341 e. The van der Waals surface area contributed by atoms with Crippen molar-refractivity contribution in [2.45, 2.75) is 45.7 Å². The highest BCUT2D eigenvalue weighted by Crippen LogP contribution is 2.18. The standard InChI is InChI=1S/C21H28N4O2/c1-15-19(21(27)23-16(2)22-15)12-20(26)25-11-7-10-18(14-25)24(3)13-17-8-5-4-6-9-17/h4-6,8-9,18H,7,10-14H2,1-3H3,(H,22,23,27)/t18-/m0/s1. The van der Waals surface area contributed by atoms with Gasteiger partial charge in [-0.2, -0.15) is 0 Å². The summed E-state index contributed by atoms with van der Waals surface area (Å²) >= 11 is 0. The Hall–Kier alpha value is -2.47. The van der Waals surface area contributed by atoms with E-state index >= 15 is 0 Å². The number of amides is 1. The Morgan fingerprint density at radius 2 is 2.04 bits per heavy atom. The van der Waals surface area contributed by atoms with Crippen LogP contribution in [0, 0.1) is 13.8 Å². The molecule has 1 N–H and O–H groups in total. The molecule has 6 nitrogen and oxygen atoms in total. The van der Waals surface area contributed by atoms with Crippen LogP contribution in [0.15, 0.2) is 35.1 Å². The number of H-pyrrole nitrogens is 1. The van der Waals surface area contributed by atoms with Crippen molar-refractivity contribution < 1.29 is 4.79 Å². The average Bonchev–Trinajstić information content (AvgIpc) is 2.65. The van der Waals surface area contributed by atoms with Crippen molar-refractivity contribution in [1.29, 1.82) is 0 Å². The molecule has 3 rings (SSSR count). The van der Waals surface area contributed by atoms with Crippen LogP contribution in [-0.2, 0) is 17.8 Å². The minimum Gasteiger partial charge on any atom is -0.341 e. The molecule has 1 aliphatic heterocycles. The summed E-state index contributed by atoms with van der Waals surface area (Å²) in [5.41, 5.74) is 2.18. The molecule has 0 spiro atoms. The third kappa shape index (κ3) is 4.83. The van der Waals surface area contributed by atoms with Gasteiger partial charge in [-0.25, -0.2) is 4.98 Å². The van der Waals surface area contributed by atoms with Gasteiger partial charge in [0.05, 0.1) is 6.42 Å². The molecule has 1 aromatic heterocycles. The normalized spacial score (nSPS) is 17.3. The van der Waals surface area contributed by atoms with Crippen molar-refractivity contribution in [3.05, 3.63) is 63.3 Å². The number of aryl methyl sites for hydroxylation is 2. The third-order valence-corrected chi connectivity index (χ3v) is 5.32. The van der Waals surface area contributed by atoms with E-state index in [-0.39, 0.29) is 17.9 Å². The number of hydrogen-bond donors (Lipinski definition) is 1. The molecular formula is C21H28N4O2. The Balaban J connectivity index is 1.64. The van der Waals surface area contributed by atoms with E-state index in [9.17, 15) is 9.59 Å². The number of nitrogens with zero attached hydrogens (tertiary/aromatic N) is 3. The zero-order valence-corrected chi connectivity index (χ0v) is 16.4. The Bertz CT molecular complexity index is 847. The first-order chi connectivity index (χ1) is 12.9. The van der Waals surface area contributed by atoms with Gasteiger partial charge in [0.15, 0.2) is 0 Å². The van der Waals surface area contributed by atoms with E-state index in [0.717, 1.165) is 25.9 Å². The second kappa shape index (κ2) is 8.48. The lowest BCUT2D eigenvalue weighted by Gasteiger charge is -2.37. The number of carbonyl (C=O) groups excluding carboxylic acids is 1. The van der Waals surface area contributed by atoms with E-state index in [0.29, 0.717) is 29.7 Å². The number of rotatable bonds is 5. The fourth-order valence-corrected chi connectivity index (χ4v) is 3.76. The van der Waals surface area contributed by atoms with E-state index in [2.05, 4.69) is 46.2 Å². The van der Waals surface area contributed by atoms with Crippen molar-refractivity contribution >= 4 is 5.91 Å². The summed E-state index contributed by atoms with van der Waals surface area (Å²) in [6.07, 6.45) is 2.18. The van der Waals surface area contributed by atoms with Crippen molar-refractivity contribution in [1.82, 2.24) is 19.8 Å². The van der Waals surface area contributed by atoms with Crippen LogP contribution in [0.2, 0.25) is 0 Å². The third-order valence-electron chi connectivity index (χ3n) is 5.32. The molecule has 0 aliphatic carbocycles. The van der Waals surface area contributed by atoms with E-state index < -0.39 is 0 Å². The highest BCUT2D eigenvalue weighted by atomic mass is 16.2. The Kier molecular flexibility index (Phi) is 6.06. The second-order valence-corrected chi connectivity index (χ2v) is 7.43. The van der Waals surface area contributed by atoms with Gasteiger partial charge in [-0.1, -0.05) is 30.3 Å². The summed E-state index contributed by atoms with van der Waals surface area (Å²) in [7, 11) is 2.12. The molecule has 0 bridgehead atoms. The van der Waals surface area contributed by atoms with Crippen LogP contribution in [0.25, 0.3) is 0 Å². The lowest BCUT2D eigenvalue weighted by molar-refractivity contribution is -0.132. The molecule has 0 saturated carbocycles. The summed E-state index contributed by atoms with van der Waals surface area (Å²) in [6.45, 7) is 5.87. The predicted molar refractivity (Wildman–Crippen MR) is 106 cm³/mol. The monoisotopic (exact) mass is 368 g/mol.